The van der Waals surface area contributed by atoms with Crippen LogP contribution in [0.15, 0.2) is 91.3 Å². The molecule has 4 aromatic carbocycles. The van der Waals surface area contributed by atoms with Crippen LogP contribution in [0.25, 0.3) is 28.0 Å². The zero-order valence-corrected chi connectivity index (χ0v) is 35.5. The van der Waals surface area contributed by atoms with Crippen molar-refractivity contribution in [2.75, 3.05) is 55.4 Å². The van der Waals surface area contributed by atoms with E-state index in [0.717, 1.165) is 79.6 Å². The van der Waals surface area contributed by atoms with Crippen LogP contribution < -0.4 is 30.9 Å². The molecule has 324 valence electrons. The second kappa shape index (κ2) is 17.8. The molecular weight excluding hydrogens is 800 g/mol. The van der Waals surface area contributed by atoms with Crippen molar-refractivity contribution < 1.29 is 23.5 Å². The number of piperidine rings is 2. The summed E-state index contributed by atoms with van der Waals surface area (Å²) in [6.45, 7) is 6.78. The zero-order valence-electron chi connectivity index (χ0n) is 35.5. The molecule has 9 rings (SSSR count). The molecular formula is C48H51FN10O4. The Bertz CT molecular complexity index is 2660. The summed E-state index contributed by atoms with van der Waals surface area (Å²) in [5.74, 6) is 0.0511. The lowest BCUT2D eigenvalue weighted by Crippen LogP contribution is -2.49. The maximum absolute atomic E-state index is 13.9. The molecule has 0 radical (unpaired) electrons. The first-order chi connectivity index (χ1) is 30.6. The molecule has 15 heteroatoms. The summed E-state index contributed by atoms with van der Waals surface area (Å²) in [6.07, 6.45) is 7.51. The van der Waals surface area contributed by atoms with E-state index in [4.69, 9.17) is 15.6 Å². The van der Waals surface area contributed by atoms with E-state index in [1.807, 2.05) is 41.9 Å². The molecule has 0 spiro atoms. The van der Waals surface area contributed by atoms with Crippen molar-refractivity contribution in [3.05, 3.63) is 119 Å². The second-order valence-corrected chi connectivity index (χ2v) is 16.7. The molecule has 63 heavy (non-hydrogen) atoms. The van der Waals surface area contributed by atoms with Gasteiger partial charge in [0.25, 0.3) is 5.91 Å². The van der Waals surface area contributed by atoms with Crippen LogP contribution in [0.4, 0.5) is 26.4 Å². The van der Waals surface area contributed by atoms with Crippen molar-refractivity contribution in [1.82, 2.24) is 35.3 Å². The summed E-state index contributed by atoms with van der Waals surface area (Å²) in [7, 11) is 1.44. The molecule has 4 N–H and O–H groups in total. The molecule has 3 saturated heterocycles. The summed E-state index contributed by atoms with van der Waals surface area (Å²) >= 11 is 0. The lowest BCUT2D eigenvalue weighted by molar-refractivity contribution is -0.120. The van der Waals surface area contributed by atoms with Gasteiger partial charge < -0.3 is 20.7 Å². The number of nitrogens with one attached hydrogen (secondary N) is 2. The molecule has 2 aromatic heterocycles. The van der Waals surface area contributed by atoms with Crippen LogP contribution in [-0.2, 0) is 11.3 Å². The number of halogens is 1. The topological polar surface area (TPSA) is 164 Å². The molecule has 4 amide bonds. The van der Waals surface area contributed by atoms with Gasteiger partial charge in [0.05, 0.1) is 23.7 Å². The Balaban J connectivity index is 0.852. The number of aromatic nitrogens is 4. The largest absolute Gasteiger partial charge is 0.496 e. The Kier molecular flexibility index (Phi) is 11.8. The van der Waals surface area contributed by atoms with Crippen LogP contribution >= 0.6 is 0 Å². The molecule has 0 saturated carbocycles. The fourth-order valence-corrected chi connectivity index (χ4v) is 9.34. The van der Waals surface area contributed by atoms with Gasteiger partial charge in [-0.25, -0.2) is 23.8 Å². The number of carbonyl (C=O) groups excluding carboxylic acids is 3. The molecule has 3 aliphatic heterocycles. The lowest BCUT2D eigenvalue weighted by Gasteiger charge is -2.41. The van der Waals surface area contributed by atoms with Crippen LogP contribution in [0, 0.1) is 18.7 Å². The van der Waals surface area contributed by atoms with Gasteiger partial charge in [-0.3, -0.25) is 24.7 Å². The minimum Gasteiger partial charge on any atom is -0.496 e. The fraction of sp³-hybridized carbons (Fsp3) is 0.333. The molecule has 0 aliphatic carbocycles. The van der Waals surface area contributed by atoms with Crippen molar-refractivity contribution in [3.63, 3.8) is 0 Å². The average molecular weight is 851 g/mol. The molecule has 6 aromatic rings. The maximum Gasteiger partial charge on any atom is 0.328 e. The zero-order chi connectivity index (χ0) is 43.6. The van der Waals surface area contributed by atoms with Crippen molar-refractivity contribution >= 4 is 46.1 Å². The van der Waals surface area contributed by atoms with E-state index in [0.29, 0.717) is 53.2 Å². The lowest BCUT2D eigenvalue weighted by atomic mass is 9.90. The standard InChI is InChI=1S/C48H51FN10O4/c1-30-25-37(15-16-39(30)58-24-20-42(60)54-48(58)62)56-22-18-32(19-23-56)28-57-21-4-3-5-40(57)33-10-13-36(14-11-33)59-46-43(45(50)52-29-53-46)44(55-59)34-8-6-31(7-9-34)27-51-47(61)38-26-35(49)12-17-41(38)63-2/h6-17,25-26,29,32,40H,3-5,18-24,27-28H2,1-2H3,(H,51,61)(H2,50,52,53)(H,54,60,62). The van der Waals surface area contributed by atoms with Gasteiger partial charge in [0.2, 0.25) is 5.91 Å². The Labute approximate surface area is 365 Å². The number of anilines is 3. The maximum atomic E-state index is 13.9. The van der Waals surface area contributed by atoms with E-state index in [1.165, 1.54) is 49.7 Å². The molecule has 3 fully saturated rings. The third-order valence-corrected chi connectivity index (χ3v) is 12.7. The first-order valence-corrected chi connectivity index (χ1v) is 21.6. The van der Waals surface area contributed by atoms with E-state index in [-0.39, 0.29) is 24.0 Å². The predicted molar refractivity (Wildman–Crippen MR) is 240 cm³/mol. The number of rotatable bonds is 11. The number of amides is 4. The number of benzene rings is 4. The van der Waals surface area contributed by atoms with Crippen LogP contribution in [0.2, 0.25) is 0 Å². The fourth-order valence-electron chi connectivity index (χ4n) is 9.34. The molecule has 1 atom stereocenters. The number of hydrogen-bond donors (Lipinski definition) is 3. The van der Waals surface area contributed by atoms with Crippen molar-refractivity contribution in [2.24, 2.45) is 5.92 Å². The molecule has 5 heterocycles. The van der Waals surface area contributed by atoms with E-state index in [9.17, 15) is 18.8 Å². The molecule has 0 bridgehead atoms. The smallest absolute Gasteiger partial charge is 0.328 e. The quantitative estimate of drug-likeness (QED) is 0.120. The van der Waals surface area contributed by atoms with Crippen LogP contribution in [0.3, 0.4) is 0 Å². The highest BCUT2D eigenvalue weighted by Crippen LogP contribution is 2.36. The SMILES string of the molecule is COc1ccc(F)cc1C(=O)NCc1ccc(-c2nn(-c3ccc(C4CCCCN4CC4CCN(c5ccc(N6CCC(=O)NC6=O)c(C)c5)CC4)cc3)c3ncnc(N)c23)cc1. The number of aryl methyl sites for hydroxylation is 1. The van der Waals surface area contributed by atoms with Gasteiger partial charge in [0, 0.05) is 62.1 Å². The summed E-state index contributed by atoms with van der Waals surface area (Å²) in [4.78, 5) is 52.7. The molecule has 1 unspecified atom stereocenters. The normalized spacial score (nSPS) is 17.5. The Morgan fingerprint density at radius 2 is 1.68 bits per heavy atom. The first-order valence-electron chi connectivity index (χ1n) is 21.6. The van der Waals surface area contributed by atoms with E-state index in [1.54, 1.807) is 4.90 Å². The number of nitrogens with zero attached hydrogens (tertiary/aromatic N) is 7. The van der Waals surface area contributed by atoms with Gasteiger partial charge in [0.15, 0.2) is 5.65 Å². The minimum absolute atomic E-state index is 0.128. The number of nitrogens with two attached hydrogens (primary N) is 1. The van der Waals surface area contributed by atoms with Crippen LogP contribution in [0.1, 0.15) is 71.6 Å². The van der Waals surface area contributed by atoms with Crippen molar-refractivity contribution in [3.8, 4) is 22.7 Å². The number of methoxy groups -OCH3 is 1. The van der Waals surface area contributed by atoms with Crippen LogP contribution in [0.5, 0.6) is 5.75 Å². The Hall–Kier alpha value is -6.87. The van der Waals surface area contributed by atoms with Gasteiger partial charge >= 0.3 is 6.03 Å². The van der Waals surface area contributed by atoms with E-state index >= 15 is 0 Å². The number of fused-ring (bicyclic) bond motifs is 1. The summed E-state index contributed by atoms with van der Waals surface area (Å²) in [5, 5.41) is 11.0. The molecule has 14 nitrogen and oxygen atoms in total. The van der Waals surface area contributed by atoms with Gasteiger partial charge in [0.1, 0.15) is 29.4 Å². The Morgan fingerprint density at radius 1 is 0.905 bits per heavy atom. The molecule has 3 aliphatic rings. The number of hydrogen-bond acceptors (Lipinski definition) is 10. The number of ether oxygens (including phenoxy) is 1. The van der Waals surface area contributed by atoms with E-state index in [2.05, 4.69) is 66.8 Å². The highest BCUT2D eigenvalue weighted by molar-refractivity contribution is 6.06. The summed E-state index contributed by atoms with van der Waals surface area (Å²) in [6, 6.07) is 26.4. The third kappa shape index (κ3) is 8.65. The average Bonchev–Trinajstić information content (AvgIpc) is 3.70. The number of imide groups is 1. The van der Waals surface area contributed by atoms with Gasteiger partial charge in [-0.1, -0.05) is 42.8 Å². The minimum atomic E-state index is -0.517. The number of carbonyl (C=O) groups is 3. The number of nitrogen functional groups attached to an aromatic ring is 1. The van der Waals surface area contributed by atoms with Crippen LogP contribution in [-0.4, -0.2) is 82.3 Å². The van der Waals surface area contributed by atoms with E-state index < -0.39 is 11.7 Å². The number of urea groups is 1. The Morgan fingerprint density at radius 3 is 2.43 bits per heavy atom. The van der Waals surface area contributed by atoms with Gasteiger partial charge in [-0.2, -0.15) is 5.10 Å². The van der Waals surface area contributed by atoms with Gasteiger partial charge in [-0.15, -0.1) is 0 Å². The summed E-state index contributed by atoms with van der Waals surface area (Å²) < 4.78 is 20.9. The van der Waals surface area contributed by atoms with Gasteiger partial charge in [-0.05, 0) is 110 Å². The third-order valence-electron chi connectivity index (χ3n) is 12.7. The highest BCUT2D eigenvalue weighted by atomic mass is 19.1. The van der Waals surface area contributed by atoms with Crippen molar-refractivity contribution in [2.45, 2.75) is 58.0 Å². The second-order valence-electron chi connectivity index (χ2n) is 16.7. The predicted octanol–water partition coefficient (Wildman–Crippen LogP) is 7.34. The monoisotopic (exact) mass is 850 g/mol. The first kappa shape index (κ1) is 41.5. The highest BCUT2D eigenvalue weighted by Gasteiger charge is 2.30. The number of likely N-dealkylation sites (tertiary alicyclic amines) is 1. The summed E-state index contributed by atoms with van der Waals surface area (Å²) in [5.41, 5.74) is 14.7. The van der Waals surface area contributed by atoms with Crippen molar-refractivity contribution in [1.29, 1.82) is 0 Å².